The zero-order valence-electron chi connectivity index (χ0n) is 12.3. The normalized spacial score (nSPS) is 19.6. The van der Waals surface area contributed by atoms with Crippen molar-refractivity contribution in [2.45, 2.75) is 12.5 Å². The maximum Gasteiger partial charge on any atom is 0.317 e. The summed E-state index contributed by atoms with van der Waals surface area (Å²) in [5.74, 6) is 0.722. The Bertz CT molecular complexity index is 635. The van der Waals surface area contributed by atoms with Crippen molar-refractivity contribution in [1.82, 2.24) is 10.2 Å². The summed E-state index contributed by atoms with van der Waals surface area (Å²) in [6.45, 7) is 0.674. The topological polar surface area (TPSA) is 75.7 Å². The van der Waals surface area contributed by atoms with Crippen LogP contribution in [0.2, 0.25) is 5.02 Å². The number of hydrogen-bond acceptors (Lipinski definition) is 4. The van der Waals surface area contributed by atoms with E-state index in [1.54, 1.807) is 19.2 Å². The number of carbonyl (C=O) groups is 1. The molecule has 2 amide bonds. The van der Waals surface area contributed by atoms with Crippen LogP contribution >= 0.6 is 11.6 Å². The van der Waals surface area contributed by atoms with E-state index in [4.69, 9.17) is 16.3 Å². The first-order chi connectivity index (χ1) is 10.4. The number of benzene rings is 1. The molecule has 0 spiro atoms. The molecule has 6 nitrogen and oxygen atoms in total. The summed E-state index contributed by atoms with van der Waals surface area (Å²) in [5.41, 5.74) is 0. The summed E-state index contributed by atoms with van der Waals surface area (Å²) in [6.07, 6.45) is 0.470. The van der Waals surface area contributed by atoms with Gasteiger partial charge in [-0.3, -0.25) is 0 Å². The lowest BCUT2D eigenvalue weighted by Crippen LogP contribution is -2.44. The molecule has 8 heteroatoms. The van der Waals surface area contributed by atoms with Gasteiger partial charge in [-0.25, -0.2) is 13.2 Å². The molecule has 1 aromatic carbocycles. The van der Waals surface area contributed by atoms with Crippen LogP contribution in [0.25, 0.3) is 0 Å². The third kappa shape index (κ3) is 4.78. The van der Waals surface area contributed by atoms with Gasteiger partial charge in [-0.1, -0.05) is 23.7 Å². The van der Waals surface area contributed by atoms with E-state index in [0.717, 1.165) is 0 Å². The average molecular weight is 347 g/mol. The monoisotopic (exact) mass is 346 g/mol. The summed E-state index contributed by atoms with van der Waals surface area (Å²) in [6, 6.07) is 6.51. The first kappa shape index (κ1) is 16.9. The molecule has 1 saturated heterocycles. The second-order valence-electron chi connectivity index (χ2n) is 5.25. The number of nitrogens with one attached hydrogen (secondary N) is 1. The van der Waals surface area contributed by atoms with E-state index in [1.807, 2.05) is 12.1 Å². The Kier molecular flexibility index (Phi) is 5.52. The fraction of sp³-hybridized carbons (Fsp3) is 0.500. The number of halogens is 1. The van der Waals surface area contributed by atoms with Crippen molar-refractivity contribution in [3.05, 3.63) is 29.3 Å². The minimum atomic E-state index is -3.00. The Morgan fingerprint density at radius 3 is 2.82 bits per heavy atom. The lowest BCUT2D eigenvalue weighted by Gasteiger charge is -2.20. The zero-order chi connectivity index (χ0) is 16.2. The largest absolute Gasteiger partial charge is 0.490 e. The number of para-hydroxylation sites is 1. The van der Waals surface area contributed by atoms with Crippen molar-refractivity contribution < 1.29 is 17.9 Å². The molecule has 1 aromatic rings. The van der Waals surface area contributed by atoms with Crippen LogP contribution in [-0.2, 0) is 9.84 Å². The minimum Gasteiger partial charge on any atom is -0.490 e. The van der Waals surface area contributed by atoms with E-state index in [0.29, 0.717) is 30.3 Å². The number of carbonyl (C=O) groups excluding carboxylic acids is 1. The Morgan fingerprint density at radius 2 is 2.18 bits per heavy atom. The van der Waals surface area contributed by atoms with E-state index < -0.39 is 9.84 Å². The van der Waals surface area contributed by atoms with Crippen LogP contribution in [0, 0.1) is 0 Å². The molecule has 22 heavy (non-hydrogen) atoms. The molecule has 0 aromatic heterocycles. The number of rotatable bonds is 5. The highest BCUT2D eigenvalue weighted by Crippen LogP contribution is 2.22. The van der Waals surface area contributed by atoms with Gasteiger partial charge in [0.15, 0.2) is 9.84 Å². The van der Waals surface area contributed by atoms with Crippen LogP contribution in [0.1, 0.15) is 6.42 Å². The number of ether oxygens (including phenoxy) is 1. The van der Waals surface area contributed by atoms with Gasteiger partial charge >= 0.3 is 6.03 Å². The predicted molar refractivity (Wildman–Crippen MR) is 85.2 cm³/mol. The molecule has 1 aliphatic rings. The highest BCUT2D eigenvalue weighted by atomic mass is 35.5. The molecule has 1 atom stereocenters. The number of nitrogens with zero attached hydrogens (tertiary/aromatic N) is 1. The maximum absolute atomic E-state index is 12.0. The van der Waals surface area contributed by atoms with E-state index in [2.05, 4.69) is 5.32 Å². The third-order valence-electron chi connectivity index (χ3n) is 3.43. The molecule has 1 aliphatic heterocycles. The SMILES string of the molecule is CN(CCOc1ccccc1Cl)C(=O)N[C@@H]1CCS(=O)(=O)C1. The van der Waals surface area contributed by atoms with Crippen LogP contribution in [-0.4, -0.2) is 57.1 Å². The lowest BCUT2D eigenvalue weighted by molar-refractivity contribution is 0.192. The summed E-state index contributed by atoms with van der Waals surface area (Å²) in [4.78, 5) is 13.4. The highest BCUT2D eigenvalue weighted by molar-refractivity contribution is 7.91. The van der Waals surface area contributed by atoms with Gasteiger partial charge in [-0.15, -0.1) is 0 Å². The summed E-state index contributed by atoms with van der Waals surface area (Å²) in [5, 5.41) is 3.24. The highest BCUT2D eigenvalue weighted by Gasteiger charge is 2.29. The third-order valence-corrected chi connectivity index (χ3v) is 5.51. The van der Waals surface area contributed by atoms with E-state index in [-0.39, 0.29) is 23.6 Å². The van der Waals surface area contributed by atoms with E-state index in [1.165, 1.54) is 4.90 Å². The number of likely N-dealkylation sites (N-methyl/N-ethyl adjacent to an activating group) is 1. The van der Waals surface area contributed by atoms with Crippen LogP contribution in [0.3, 0.4) is 0 Å². The molecule has 0 unspecified atom stereocenters. The molecule has 1 N–H and O–H groups in total. The average Bonchev–Trinajstić information content (AvgIpc) is 2.79. The molecule has 0 aliphatic carbocycles. The summed E-state index contributed by atoms with van der Waals surface area (Å²) in [7, 11) is -1.36. The molecule has 1 fully saturated rings. The molecule has 122 valence electrons. The molecule has 0 radical (unpaired) electrons. The van der Waals surface area contributed by atoms with Crippen molar-refractivity contribution >= 4 is 27.5 Å². The number of sulfone groups is 1. The summed E-state index contributed by atoms with van der Waals surface area (Å²) >= 11 is 5.97. The number of hydrogen-bond donors (Lipinski definition) is 1. The van der Waals surface area contributed by atoms with E-state index >= 15 is 0 Å². The predicted octanol–water partition coefficient (Wildman–Crippen LogP) is 1.55. The fourth-order valence-electron chi connectivity index (χ4n) is 2.15. The van der Waals surface area contributed by atoms with Crippen molar-refractivity contribution in [1.29, 1.82) is 0 Å². The van der Waals surface area contributed by atoms with Crippen molar-refractivity contribution in [3.8, 4) is 5.75 Å². The molecular weight excluding hydrogens is 328 g/mol. The van der Waals surface area contributed by atoms with Crippen LogP contribution < -0.4 is 10.1 Å². The van der Waals surface area contributed by atoms with Gasteiger partial charge in [0.25, 0.3) is 0 Å². The van der Waals surface area contributed by atoms with Crippen LogP contribution in [0.15, 0.2) is 24.3 Å². The van der Waals surface area contributed by atoms with Gasteiger partial charge in [-0.05, 0) is 18.6 Å². The first-order valence-corrected chi connectivity index (χ1v) is 9.17. The lowest BCUT2D eigenvalue weighted by atomic mass is 10.3. The maximum atomic E-state index is 12.0. The second-order valence-corrected chi connectivity index (χ2v) is 7.89. The van der Waals surface area contributed by atoms with Crippen LogP contribution in [0.4, 0.5) is 4.79 Å². The zero-order valence-corrected chi connectivity index (χ0v) is 13.9. The number of amides is 2. The number of urea groups is 1. The minimum absolute atomic E-state index is 0.0166. The molecule has 1 heterocycles. The standard InChI is InChI=1S/C14H19ClN2O4S/c1-17(7-8-21-13-5-3-2-4-12(13)15)14(18)16-11-6-9-22(19,20)10-11/h2-5,11H,6-10H2,1H3,(H,16,18)/t11-/m1/s1. The van der Waals surface area contributed by atoms with Gasteiger partial charge in [-0.2, -0.15) is 0 Å². The van der Waals surface area contributed by atoms with Gasteiger partial charge in [0.2, 0.25) is 0 Å². The summed E-state index contributed by atoms with van der Waals surface area (Å²) < 4.78 is 28.2. The van der Waals surface area contributed by atoms with Crippen molar-refractivity contribution in [2.75, 3.05) is 31.7 Å². The van der Waals surface area contributed by atoms with Gasteiger partial charge in [0.05, 0.1) is 23.1 Å². The molecular formula is C14H19ClN2O4S. The Balaban J connectivity index is 1.74. The van der Waals surface area contributed by atoms with Gasteiger partial charge in [0.1, 0.15) is 12.4 Å². The van der Waals surface area contributed by atoms with Gasteiger partial charge < -0.3 is 15.0 Å². The van der Waals surface area contributed by atoms with Crippen molar-refractivity contribution in [2.24, 2.45) is 0 Å². The Hall–Kier alpha value is -1.47. The van der Waals surface area contributed by atoms with Crippen LogP contribution in [0.5, 0.6) is 5.75 Å². The fourth-order valence-corrected chi connectivity index (χ4v) is 4.01. The molecule has 0 bridgehead atoms. The molecule has 0 saturated carbocycles. The second kappa shape index (κ2) is 7.19. The quantitative estimate of drug-likeness (QED) is 0.877. The smallest absolute Gasteiger partial charge is 0.317 e. The van der Waals surface area contributed by atoms with Crippen molar-refractivity contribution in [3.63, 3.8) is 0 Å². The Labute approximate surface area is 135 Å². The Morgan fingerprint density at radius 1 is 1.45 bits per heavy atom. The van der Waals surface area contributed by atoms with Gasteiger partial charge in [0, 0.05) is 13.1 Å². The molecule has 2 rings (SSSR count). The first-order valence-electron chi connectivity index (χ1n) is 6.97. The van der Waals surface area contributed by atoms with E-state index in [9.17, 15) is 13.2 Å².